The second kappa shape index (κ2) is 35.5. The lowest BCUT2D eigenvalue weighted by Crippen LogP contribution is -1.93. The number of nitrogens with zero attached hydrogens (tertiary/aromatic N) is 1. The van der Waals surface area contributed by atoms with Crippen LogP contribution in [0.4, 0.5) is 4.39 Å². The summed E-state index contributed by atoms with van der Waals surface area (Å²) in [6.45, 7) is 28.7. The molecule has 0 amide bonds. The number of aliphatic imine (C=N–C) groups is 1. The third kappa shape index (κ3) is 37.8. The van der Waals surface area contributed by atoms with Crippen LogP contribution in [0.5, 0.6) is 0 Å². The van der Waals surface area contributed by atoms with Gasteiger partial charge in [0.1, 0.15) is 5.83 Å². The molecule has 0 aliphatic carbocycles. The minimum absolute atomic E-state index is 0.219. The van der Waals surface area contributed by atoms with Gasteiger partial charge in [0.05, 0.1) is 6.21 Å². The van der Waals surface area contributed by atoms with Gasteiger partial charge in [-0.15, -0.1) is 0 Å². The largest absolute Gasteiger partial charge is 0.259 e. The maximum absolute atomic E-state index is 13.1. The highest BCUT2D eigenvalue weighted by atomic mass is 19.1. The molecule has 0 saturated heterocycles. The molecule has 0 aliphatic rings. The molecule has 0 N–H and O–H groups in total. The lowest BCUT2D eigenvalue weighted by molar-refractivity contribution is 0.454. The molecular weight excluding hydrogens is 369 g/mol. The summed E-state index contributed by atoms with van der Waals surface area (Å²) in [6.07, 6.45) is 11.7. The van der Waals surface area contributed by atoms with E-state index in [4.69, 9.17) is 0 Å². The first-order valence-electron chi connectivity index (χ1n) is 12.7. The van der Waals surface area contributed by atoms with Crippen molar-refractivity contribution in [2.24, 2.45) is 10.9 Å². The van der Waals surface area contributed by atoms with Gasteiger partial charge in [-0.05, 0) is 45.6 Å². The van der Waals surface area contributed by atoms with Crippen LogP contribution in [0.15, 0.2) is 27.7 Å². The summed E-state index contributed by atoms with van der Waals surface area (Å²) in [4.78, 5) is 4.01. The molecule has 0 rings (SSSR count). The molecule has 1 nitrogen and oxygen atoms in total. The molecule has 0 radical (unpaired) electrons. The molecule has 0 aromatic heterocycles. The van der Waals surface area contributed by atoms with Gasteiger partial charge in [-0.1, -0.05) is 120 Å². The van der Waals surface area contributed by atoms with Crippen molar-refractivity contribution in [1.82, 2.24) is 0 Å². The van der Waals surface area contributed by atoms with Crippen molar-refractivity contribution in [1.29, 1.82) is 0 Å². The predicted octanol–water partition coefficient (Wildman–Crippen LogP) is 11.5. The van der Waals surface area contributed by atoms with Crippen molar-refractivity contribution >= 4 is 6.21 Å². The Kier molecular flexibility index (Phi) is 46.8. The Hall–Kier alpha value is -0.920. The summed E-state index contributed by atoms with van der Waals surface area (Å²) in [6, 6.07) is 0. The molecule has 0 bridgehead atoms. The van der Waals surface area contributed by atoms with E-state index in [1.54, 1.807) is 6.92 Å². The summed E-state index contributed by atoms with van der Waals surface area (Å²) in [5, 5.41) is 0. The summed E-state index contributed by atoms with van der Waals surface area (Å²) in [7, 11) is 0. The highest BCUT2D eigenvalue weighted by molar-refractivity contribution is 5.77. The highest BCUT2D eigenvalue weighted by Crippen LogP contribution is 2.14. The number of unbranched alkanes of at least 4 members (excludes halogenated alkanes) is 2. The van der Waals surface area contributed by atoms with Crippen LogP contribution in [-0.2, 0) is 0 Å². The quantitative estimate of drug-likeness (QED) is 0.323. The third-order valence-corrected chi connectivity index (χ3v) is 4.13. The van der Waals surface area contributed by atoms with Crippen LogP contribution < -0.4 is 0 Å². The molecule has 0 fully saturated rings. The van der Waals surface area contributed by atoms with E-state index in [0.717, 1.165) is 29.2 Å². The highest BCUT2D eigenvalue weighted by Gasteiger charge is 1.99. The molecule has 2 heteroatoms. The van der Waals surface area contributed by atoms with E-state index in [2.05, 4.69) is 39.6 Å². The van der Waals surface area contributed by atoms with Gasteiger partial charge in [-0.3, -0.25) is 4.99 Å². The third-order valence-electron chi connectivity index (χ3n) is 4.13. The monoisotopic (exact) mass is 429 g/mol. The lowest BCUT2D eigenvalue weighted by Gasteiger charge is -2.08. The molecular formula is C28H60FN. The zero-order chi connectivity index (χ0) is 25.0. The first-order valence-corrected chi connectivity index (χ1v) is 12.7. The van der Waals surface area contributed by atoms with Crippen molar-refractivity contribution in [2.75, 3.05) is 0 Å². The number of rotatable bonds is 9. The standard InChI is InChI=1S/C11H18FN.C10H22.C3H8.2C2H6/c1-6-9(4)11(12)7-13-10(5)8(2)3;1-4-6-8-10(3)9-7-5-2;1-3-2;2*1-2/h7H,6H2,1-5H3;10H,4-9H2,1-3H3;3H2,1-2H3;2*1-2H3/b11-9-,13-7?;;;;. The van der Waals surface area contributed by atoms with Crippen molar-refractivity contribution in [3.05, 3.63) is 22.7 Å². The van der Waals surface area contributed by atoms with E-state index in [-0.39, 0.29) is 5.83 Å². The molecule has 0 aliphatic heterocycles. The van der Waals surface area contributed by atoms with Crippen molar-refractivity contribution < 1.29 is 4.39 Å². The summed E-state index contributed by atoms with van der Waals surface area (Å²) in [5.74, 6) is 0.753. The van der Waals surface area contributed by atoms with Crippen LogP contribution in [0.3, 0.4) is 0 Å². The fourth-order valence-corrected chi connectivity index (χ4v) is 1.81. The summed E-state index contributed by atoms with van der Waals surface area (Å²) in [5.41, 5.74) is 2.72. The van der Waals surface area contributed by atoms with Gasteiger partial charge in [0.15, 0.2) is 0 Å². The van der Waals surface area contributed by atoms with Crippen molar-refractivity contribution in [2.45, 2.75) is 148 Å². The van der Waals surface area contributed by atoms with Crippen LogP contribution in [0.1, 0.15) is 148 Å². The van der Waals surface area contributed by atoms with Gasteiger partial charge in [-0.25, -0.2) is 4.39 Å². The zero-order valence-corrected chi connectivity index (χ0v) is 23.6. The Morgan fingerprint density at radius 3 is 1.43 bits per heavy atom. The topological polar surface area (TPSA) is 12.4 Å². The van der Waals surface area contributed by atoms with Gasteiger partial charge in [-0.2, -0.15) is 0 Å². The Labute approximate surface area is 192 Å². The van der Waals surface area contributed by atoms with Crippen LogP contribution in [-0.4, -0.2) is 6.21 Å². The normalized spacial score (nSPS) is 10.3. The molecule has 0 aromatic rings. The number of hydrogen-bond acceptors (Lipinski definition) is 1. The van der Waals surface area contributed by atoms with Gasteiger partial charge in [0.2, 0.25) is 0 Å². The maximum Gasteiger partial charge on any atom is 0.140 e. The first-order chi connectivity index (χ1) is 14.2. The minimum Gasteiger partial charge on any atom is -0.259 e. The lowest BCUT2D eigenvalue weighted by atomic mass is 9.98. The minimum atomic E-state index is -0.219. The van der Waals surface area contributed by atoms with E-state index in [1.165, 1.54) is 51.2 Å². The fraction of sp³-hybridized carbons (Fsp3) is 0.821. The van der Waals surface area contributed by atoms with Crippen LogP contribution in [0, 0.1) is 5.92 Å². The maximum atomic E-state index is 13.1. The Morgan fingerprint density at radius 2 is 1.17 bits per heavy atom. The van der Waals surface area contributed by atoms with Gasteiger partial charge in [0.25, 0.3) is 0 Å². The van der Waals surface area contributed by atoms with Crippen LogP contribution >= 0.6 is 0 Å². The van der Waals surface area contributed by atoms with Crippen LogP contribution in [0.25, 0.3) is 0 Å². The van der Waals surface area contributed by atoms with Gasteiger partial charge >= 0.3 is 0 Å². The molecule has 0 spiro atoms. The fourth-order valence-electron chi connectivity index (χ4n) is 1.81. The van der Waals surface area contributed by atoms with E-state index >= 15 is 0 Å². The zero-order valence-electron chi connectivity index (χ0n) is 23.6. The number of allylic oxidation sites excluding steroid dienone is 4. The van der Waals surface area contributed by atoms with Gasteiger partial charge < -0.3 is 0 Å². The van der Waals surface area contributed by atoms with Crippen LogP contribution in [0.2, 0.25) is 0 Å². The second-order valence-electron chi connectivity index (χ2n) is 7.42. The van der Waals surface area contributed by atoms with E-state index in [9.17, 15) is 4.39 Å². The number of hydrogen-bond donors (Lipinski definition) is 0. The van der Waals surface area contributed by atoms with Crippen molar-refractivity contribution in [3.8, 4) is 0 Å². The average molecular weight is 430 g/mol. The second-order valence-corrected chi connectivity index (χ2v) is 7.42. The number of halogens is 1. The van der Waals surface area contributed by atoms with E-state index < -0.39 is 0 Å². The average Bonchev–Trinajstić information content (AvgIpc) is 2.77. The molecule has 0 heterocycles. The molecule has 30 heavy (non-hydrogen) atoms. The Balaban J connectivity index is -0.000000108. The summed E-state index contributed by atoms with van der Waals surface area (Å²) < 4.78 is 13.1. The van der Waals surface area contributed by atoms with Crippen molar-refractivity contribution in [3.63, 3.8) is 0 Å². The molecule has 0 unspecified atom stereocenters. The predicted molar refractivity (Wildman–Crippen MR) is 144 cm³/mol. The Morgan fingerprint density at radius 1 is 0.800 bits per heavy atom. The molecule has 184 valence electrons. The van der Waals surface area contributed by atoms with Gasteiger partial charge in [0, 0.05) is 5.70 Å². The van der Waals surface area contributed by atoms with E-state index in [1.807, 2.05) is 55.4 Å². The van der Waals surface area contributed by atoms with E-state index in [0.29, 0.717) is 0 Å². The molecule has 0 saturated carbocycles. The molecule has 0 aromatic carbocycles. The molecule has 0 atom stereocenters. The first kappa shape index (κ1) is 39.5. The smallest absolute Gasteiger partial charge is 0.140 e. The summed E-state index contributed by atoms with van der Waals surface area (Å²) >= 11 is 0. The Bertz CT molecular complexity index is 379. The SMILES string of the molecule is CC.CC.CC/C(C)=C(\F)C=NC(C)=C(C)C.CCC.CCCCC(C)CCCC.